The summed E-state index contributed by atoms with van der Waals surface area (Å²) in [6, 6.07) is 3.68. The van der Waals surface area contributed by atoms with Crippen LogP contribution in [0.2, 0.25) is 0 Å². The number of halogens is 1. The van der Waals surface area contributed by atoms with Gasteiger partial charge in [0.15, 0.2) is 11.6 Å². The lowest BCUT2D eigenvalue weighted by Crippen LogP contribution is -2.47. The Balaban J connectivity index is 1.82. The Hall–Kier alpha value is -1.26. The number of ether oxygens (including phenoxy) is 3. The van der Waals surface area contributed by atoms with E-state index in [-0.39, 0.29) is 36.4 Å². The molecule has 2 aliphatic heterocycles. The third kappa shape index (κ3) is 4.43. The summed E-state index contributed by atoms with van der Waals surface area (Å²) in [6.07, 6.45) is 1.63. The van der Waals surface area contributed by atoms with E-state index in [9.17, 15) is 12.8 Å². The number of nitrogens with zero attached hydrogens (tertiary/aromatic N) is 2. The lowest BCUT2D eigenvalue weighted by molar-refractivity contribution is -0.0858. The van der Waals surface area contributed by atoms with Crippen molar-refractivity contribution in [1.82, 2.24) is 9.21 Å². The van der Waals surface area contributed by atoms with Crippen molar-refractivity contribution in [3.05, 3.63) is 24.0 Å². The summed E-state index contributed by atoms with van der Waals surface area (Å²) in [6.45, 7) is 1.83. The van der Waals surface area contributed by atoms with Crippen LogP contribution in [-0.4, -0.2) is 83.4 Å². The van der Waals surface area contributed by atoms with Crippen LogP contribution >= 0.6 is 0 Å². The highest BCUT2D eigenvalue weighted by atomic mass is 32.2. The fraction of sp³-hybridized carbons (Fsp3) is 0.667. The summed E-state index contributed by atoms with van der Waals surface area (Å²) >= 11 is 0. The zero-order chi connectivity index (χ0) is 19.7. The Morgan fingerprint density at radius 3 is 2.85 bits per heavy atom. The second-order valence-corrected chi connectivity index (χ2v) is 9.35. The molecular formula is C18H27FN2O5S. The molecule has 2 fully saturated rings. The van der Waals surface area contributed by atoms with Crippen LogP contribution in [0.1, 0.15) is 12.8 Å². The van der Waals surface area contributed by atoms with Crippen LogP contribution in [0, 0.1) is 5.82 Å². The second kappa shape index (κ2) is 8.00. The molecule has 3 rings (SSSR count). The average Bonchev–Trinajstić information content (AvgIpc) is 2.85. The molecule has 0 radical (unpaired) electrons. The molecule has 2 atom stereocenters. The predicted molar refractivity (Wildman–Crippen MR) is 97.9 cm³/mol. The van der Waals surface area contributed by atoms with E-state index < -0.39 is 21.4 Å². The minimum Gasteiger partial charge on any atom is -0.494 e. The Labute approximate surface area is 160 Å². The molecule has 2 saturated heterocycles. The minimum absolute atomic E-state index is 0.00951. The fourth-order valence-electron chi connectivity index (χ4n) is 3.69. The molecule has 2 heterocycles. The first-order valence-electron chi connectivity index (χ1n) is 9.00. The number of methoxy groups -OCH3 is 1. The van der Waals surface area contributed by atoms with E-state index in [1.807, 2.05) is 14.1 Å². The molecule has 0 unspecified atom stereocenters. The van der Waals surface area contributed by atoms with Gasteiger partial charge < -0.3 is 19.1 Å². The van der Waals surface area contributed by atoms with Crippen molar-refractivity contribution >= 4 is 10.0 Å². The highest BCUT2D eigenvalue weighted by Crippen LogP contribution is 2.35. The number of likely N-dealkylation sites (N-methyl/N-ethyl adjacent to an activating group) is 1. The van der Waals surface area contributed by atoms with Crippen molar-refractivity contribution in [3.8, 4) is 5.75 Å². The molecule has 1 aromatic carbocycles. The summed E-state index contributed by atoms with van der Waals surface area (Å²) in [5.74, 6) is -0.696. The Morgan fingerprint density at radius 1 is 1.41 bits per heavy atom. The van der Waals surface area contributed by atoms with Gasteiger partial charge in [0.05, 0.1) is 31.3 Å². The minimum atomic E-state index is -3.87. The molecule has 0 N–H and O–H groups in total. The highest BCUT2D eigenvalue weighted by Gasteiger charge is 2.45. The number of benzene rings is 1. The molecule has 0 bridgehead atoms. The topological polar surface area (TPSA) is 68.3 Å². The van der Waals surface area contributed by atoms with Crippen LogP contribution in [0.4, 0.5) is 4.39 Å². The van der Waals surface area contributed by atoms with Crippen molar-refractivity contribution in [3.63, 3.8) is 0 Å². The van der Waals surface area contributed by atoms with Crippen LogP contribution in [0.3, 0.4) is 0 Å². The van der Waals surface area contributed by atoms with Crippen molar-refractivity contribution in [2.45, 2.75) is 29.4 Å². The largest absolute Gasteiger partial charge is 0.494 e. The lowest BCUT2D eigenvalue weighted by Gasteiger charge is -2.32. The van der Waals surface area contributed by atoms with Gasteiger partial charge in [0.25, 0.3) is 0 Å². The molecule has 27 heavy (non-hydrogen) atoms. The molecule has 152 valence electrons. The third-order valence-corrected chi connectivity index (χ3v) is 6.82. The van der Waals surface area contributed by atoms with E-state index in [1.165, 1.54) is 23.5 Å². The fourth-order valence-corrected chi connectivity index (χ4v) is 5.20. The molecule has 0 aliphatic carbocycles. The molecular weight excluding hydrogens is 375 g/mol. The third-order valence-electron chi connectivity index (χ3n) is 4.98. The van der Waals surface area contributed by atoms with E-state index in [2.05, 4.69) is 4.90 Å². The van der Waals surface area contributed by atoms with Gasteiger partial charge in [-0.25, -0.2) is 12.8 Å². The molecule has 0 saturated carbocycles. The van der Waals surface area contributed by atoms with Crippen LogP contribution in [0.15, 0.2) is 23.1 Å². The quantitative estimate of drug-likeness (QED) is 0.740. The predicted octanol–water partition coefficient (Wildman–Crippen LogP) is 1.33. The van der Waals surface area contributed by atoms with Gasteiger partial charge in [0, 0.05) is 19.6 Å². The first-order valence-corrected chi connectivity index (χ1v) is 10.4. The summed E-state index contributed by atoms with van der Waals surface area (Å²) in [7, 11) is 1.43. The van der Waals surface area contributed by atoms with Gasteiger partial charge in [-0.05, 0) is 45.1 Å². The Kier molecular flexibility index (Phi) is 6.07. The summed E-state index contributed by atoms with van der Waals surface area (Å²) < 4.78 is 58.3. The summed E-state index contributed by atoms with van der Waals surface area (Å²) in [5.41, 5.74) is -0.657. The first-order chi connectivity index (χ1) is 12.8. The van der Waals surface area contributed by atoms with Crippen molar-refractivity contribution in [2.75, 3.05) is 54.1 Å². The van der Waals surface area contributed by atoms with E-state index in [1.54, 1.807) is 0 Å². The number of hydrogen-bond donors (Lipinski definition) is 0. The van der Waals surface area contributed by atoms with Crippen molar-refractivity contribution < 1.29 is 27.0 Å². The van der Waals surface area contributed by atoms with Gasteiger partial charge in [0.2, 0.25) is 10.0 Å². The van der Waals surface area contributed by atoms with Crippen molar-refractivity contribution in [2.24, 2.45) is 0 Å². The Morgan fingerprint density at radius 2 is 2.19 bits per heavy atom. The highest BCUT2D eigenvalue weighted by molar-refractivity contribution is 7.89. The van der Waals surface area contributed by atoms with Crippen LogP contribution in [-0.2, 0) is 19.5 Å². The van der Waals surface area contributed by atoms with E-state index in [0.29, 0.717) is 6.61 Å². The normalized spacial score (nSPS) is 27.2. The molecule has 2 aliphatic rings. The Bertz CT molecular complexity index is 773. The van der Waals surface area contributed by atoms with Gasteiger partial charge >= 0.3 is 0 Å². The number of sulfonamides is 1. The van der Waals surface area contributed by atoms with Gasteiger partial charge in [-0.2, -0.15) is 4.31 Å². The summed E-state index contributed by atoms with van der Waals surface area (Å²) in [5, 5.41) is 0. The number of rotatable bonds is 5. The zero-order valence-corrected chi connectivity index (χ0v) is 16.8. The molecule has 7 nitrogen and oxygen atoms in total. The van der Waals surface area contributed by atoms with Gasteiger partial charge in [-0.1, -0.05) is 0 Å². The van der Waals surface area contributed by atoms with Crippen LogP contribution in [0.5, 0.6) is 5.75 Å². The van der Waals surface area contributed by atoms with Crippen LogP contribution < -0.4 is 4.74 Å². The van der Waals surface area contributed by atoms with E-state index >= 15 is 0 Å². The summed E-state index contributed by atoms with van der Waals surface area (Å²) in [4.78, 5) is 1.95. The molecule has 1 spiro atoms. The molecule has 0 aromatic heterocycles. The van der Waals surface area contributed by atoms with Crippen molar-refractivity contribution in [1.29, 1.82) is 0 Å². The smallest absolute Gasteiger partial charge is 0.243 e. The maximum Gasteiger partial charge on any atom is 0.243 e. The molecule has 9 heteroatoms. The second-order valence-electron chi connectivity index (χ2n) is 7.41. The lowest BCUT2D eigenvalue weighted by atomic mass is 10.0. The SMILES string of the molecule is COc1ccc(S(=O)(=O)N2CCOC[C@@]3(CC[C@H](CN(C)C)O3)C2)cc1F. The standard InChI is InChI=1S/C18H27FN2O5S/c1-20(2)11-14-6-7-18(26-14)12-21(8-9-25-13-18)27(22,23)15-4-5-17(24-3)16(19)10-15/h4-5,10,14H,6-9,11-13H2,1-3H3/t14-,18-/m1/s1. The number of hydrogen-bond acceptors (Lipinski definition) is 6. The molecule has 0 amide bonds. The monoisotopic (exact) mass is 402 g/mol. The maximum absolute atomic E-state index is 14.0. The van der Waals surface area contributed by atoms with E-state index in [0.717, 1.165) is 25.5 Å². The molecule has 1 aromatic rings. The maximum atomic E-state index is 14.0. The first kappa shape index (κ1) is 20.5. The zero-order valence-electron chi connectivity index (χ0n) is 16.0. The van der Waals surface area contributed by atoms with E-state index in [4.69, 9.17) is 14.2 Å². The average molecular weight is 402 g/mol. The van der Waals surface area contributed by atoms with Crippen LogP contribution in [0.25, 0.3) is 0 Å². The van der Waals surface area contributed by atoms with Gasteiger partial charge in [-0.3, -0.25) is 0 Å². The van der Waals surface area contributed by atoms with Gasteiger partial charge in [-0.15, -0.1) is 0 Å². The van der Waals surface area contributed by atoms with Gasteiger partial charge in [0.1, 0.15) is 5.60 Å².